The molecule has 6 heteroatoms. The van der Waals surface area contributed by atoms with E-state index < -0.39 is 9.84 Å². The van der Waals surface area contributed by atoms with Gasteiger partial charge in [-0.15, -0.1) is 11.8 Å². The van der Waals surface area contributed by atoms with Crippen molar-refractivity contribution in [2.24, 2.45) is 5.73 Å². The van der Waals surface area contributed by atoms with E-state index in [1.54, 1.807) is 11.8 Å². The average molecular weight is 352 g/mol. The maximum Gasteiger partial charge on any atom is 0.148 e. The SMILES string of the molecule is CC(N)Cc1ccc(SCCS(C)(=O)=O)c(Br)c1. The van der Waals surface area contributed by atoms with Gasteiger partial charge in [-0.1, -0.05) is 6.07 Å². The van der Waals surface area contributed by atoms with Crippen molar-refractivity contribution in [1.29, 1.82) is 0 Å². The highest BCUT2D eigenvalue weighted by Gasteiger charge is 2.06. The van der Waals surface area contributed by atoms with Crippen molar-refractivity contribution in [3.8, 4) is 0 Å². The van der Waals surface area contributed by atoms with E-state index in [1.165, 1.54) is 11.8 Å². The Bertz CT molecular complexity index is 501. The van der Waals surface area contributed by atoms with Crippen LogP contribution in [0.4, 0.5) is 0 Å². The van der Waals surface area contributed by atoms with Crippen molar-refractivity contribution in [2.45, 2.75) is 24.3 Å². The summed E-state index contributed by atoms with van der Waals surface area (Å²) < 4.78 is 23.1. The first-order valence-corrected chi connectivity index (χ1v) is 9.46. The topological polar surface area (TPSA) is 60.2 Å². The molecule has 1 unspecified atom stereocenters. The first kappa shape index (κ1) is 16.0. The number of rotatable bonds is 6. The van der Waals surface area contributed by atoms with Crippen molar-refractivity contribution in [1.82, 2.24) is 0 Å². The summed E-state index contributed by atoms with van der Waals surface area (Å²) >= 11 is 5.05. The number of benzene rings is 1. The van der Waals surface area contributed by atoms with E-state index >= 15 is 0 Å². The van der Waals surface area contributed by atoms with Gasteiger partial charge in [-0.25, -0.2) is 8.42 Å². The Kier molecular flexibility index (Phi) is 6.17. The monoisotopic (exact) mass is 351 g/mol. The first-order chi connectivity index (χ1) is 8.28. The summed E-state index contributed by atoms with van der Waals surface area (Å²) in [5.74, 6) is 0.774. The van der Waals surface area contributed by atoms with E-state index in [-0.39, 0.29) is 11.8 Å². The van der Waals surface area contributed by atoms with E-state index in [0.29, 0.717) is 5.75 Å². The normalized spacial score (nSPS) is 13.6. The summed E-state index contributed by atoms with van der Waals surface area (Å²) in [6, 6.07) is 6.23. The molecule has 0 bridgehead atoms. The Balaban J connectivity index is 2.62. The molecule has 0 spiro atoms. The Morgan fingerprint density at radius 1 is 1.44 bits per heavy atom. The zero-order chi connectivity index (χ0) is 13.8. The van der Waals surface area contributed by atoms with Crippen LogP contribution < -0.4 is 5.73 Å². The second kappa shape index (κ2) is 6.93. The third kappa shape index (κ3) is 6.22. The van der Waals surface area contributed by atoms with Gasteiger partial charge < -0.3 is 5.73 Å². The van der Waals surface area contributed by atoms with Crippen molar-refractivity contribution < 1.29 is 8.42 Å². The van der Waals surface area contributed by atoms with Crippen LogP contribution in [0, 0.1) is 0 Å². The lowest BCUT2D eigenvalue weighted by Crippen LogP contribution is -2.17. The molecule has 102 valence electrons. The lowest BCUT2D eigenvalue weighted by molar-refractivity contribution is 0.603. The van der Waals surface area contributed by atoms with E-state index in [0.717, 1.165) is 15.8 Å². The molecule has 2 N–H and O–H groups in total. The summed E-state index contributed by atoms with van der Waals surface area (Å²) in [5, 5.41) is 0. The molecular formula is C12H18BrNO2S2. The van der Waals surface area contributed by atoms with E-state index in [2.05, 4.69) is 15.9 Å². The number of hydrogen-bond acceptors (Lipinski definition) is 4. The quantitative estimate of drug-likeness (QED) is 0.799. The summed E-state index contributed by atoms with van der Waals surface area (Å²) in [7, 11) is -2.88. The van der Waals surface area contributed by atoms with Crippen LogP contribution >= 0.6 is 27.7 Å². The van der Waals surface area contributed by atoms with Crippen LogP contribution in [0.25, 0.3) is 0 Å². The largest absolute Gasteiger partial charge is 0.328 e. The molecule has 0 aliphatic rings. The fraction of sp³-hybridized carbons (Fsp3) is 0.500. The maximum absolute atomic E-state index is 11.0. The summed E-state index contributed by atoms with van der Waals surface area (Å²) in [6.07, 6.45) is 2.10. The van der Waals surface area contributed by atoms with Crippen LogP contribution in [0.3, 0.4) is 0 Å². The highest BCUT2D eigenvalue weighted by molar-refractivity contribution is 9.10. The number of nitrogens with two attached hydrogens (primary N) is 1. The minimum absolute atomic E-state index is 0.139. The third-order valence-electron chi connectivity index (χ3n) is 2.27. The van der Waals surface area contributed by atoms with Gasteiger partial charge >= 0.3 is 0 Å². The van der Waals surface area contributed by atoms with Gasteiger partial charge in [0.2, 0.25) is 0 Å². The van der Waals surface area contributed by atoms with Gasteiger partial charge in [0.15, 0.2) is 0 Å². The molecule has 1 rings (SSSR count). The highest BCUT2D eigenvalue weighted by Crippen LogP contribution is 2.28. The van der Waals surface area contributed by atoms with Crippen LogP contribution in [-0.2, 0) is 16.3 Å². The van der Waals surface area contributed by atoms with Crippen LogP contribution in [0.1, 0.15) is 12.5 Å². The van der Waals surface area contributed by atoms with Crippen LogP contribution in [0.2, 0.25) is 0 Å². The van der Waals surface area contributed by atoms with E-state index in [4.69, 9.17) is 5.73 Å². The fourth-order valence-electron chi connectivity index (χ4n) is 1.46. The Hall–Kier alpha value is -0.0400. The van der Waals surface area contributed by atoms with Gasteiger partial charge in [0.05, 0.1) is 5.75 Å². The zero-order valence-corrected chi connectivity index (χ0v) is 13.7. The smallest absolute Gasteiger partial charge is 0.148 e. The summed E-state index contributed by atoms with van der Waals surface area (Å²) in [6.45, 7) is 1.97. The van der Waals surface area contributed by atoms with Crippen LogP contribution in [-0.4, -0.2) is 32.2 Å². The van der Waals surface area contributed by atoms with Gasteiger partial charge in [0.25, 0.3) is 0 Å². The van der Waals surface area contributed by atoms with Crippen molar-refractivity contribution in [3.05, 3.63) is 28.2 Å². The molecule has 0 amide bonds. The van der Waals surface area contributed by atoms with Crippen LogP contribution in [0.15, 0.2) is 27.6 Å². The predicted octanol–water partition coefficient (Wildman–Crippen LogP) is 2.48. The van der Waals surface area contributed by atoms with Crippen molar-refractivity contribution >= 4 is 37.5 Å². The molecule has 18 heavy (non-hydrogen) atoms. The van der Waals surface area contributed by atoms with Gasteiger partial charge in [0.1, 0.15) is 9.84 Å². The molecule has 0 heterocycles. The maximum atomic E-state index is 11.0. The third-order valence-corrected chi connectivity index (χ3v) is 5.46. The predicted molar refractivity (Wildman–Crippen MR) is 81.9 cm³/mol. The zero-order valence-electron chi connectivity index (χ0n) is 10.5. The van der Waals surface area contributed by atoms with E-state index in [1.807, 2.05) is 25.1 Å². The van der Waals surface area contributed by atoms with Crippen molar-refractivity contribution in [3.63, 3.8) is 0 Å². The molecule has 0 saturated heterocycles. The number of sulfone groups is 1. The van der Waals surface area contributed by atoms with Gasteiger partial charge in [0, 0.05) is 27.4 Å². The molecule has 1 aromatic rings. The van der Waals surface area contributed by atoms with Crippen molar-refractivity contribution in [2.75, 3.05) is 17.8 Å². The molecule has 0 aliphatic carbocycles. The lowest BCUT2D eigenvalue weighted by Gasteiger charge is -2.09. The molecular weight excluding hydrogens is 334 g/mol. The molecule has 0 aromatic heterocycles. The molecule has 0 aliphatic heterocycles. The average Bonchev–Trinajstić information content (AvgIpc) is 2.18. The number of halogens is 1. The fourth-order valence-corrected chi connectivity index (χ4v) is 4.36. The standard InChI is InChI=1S/C12H18BrNO2S2/c1-9(14)7-10-3-4-12(11(13)8-10)17-5-6-18(2,15)16/h3-4,8-9H,5-7,14H2,1-2H3. The Morgan fingerprint density at radius 2 is 2.11 bits per heavy atom. The first-order valence-electron chi connectivity index (χ1n) is 5.62. The molecule has 1 aromatic carbocycles. The lowest BCUT2D eigenvalue weighted by atomic mass is 10.1. The van der Waals surface area contributed by atoms with Crippen LogP contribution in [0.5, 0.6) is 0 Å². The second-order valence-corrected chi connectivity index (χ2v) is 8.68. The summed E-state index contributed by atoms with van der Waals surface area (Å²) in [5.41, 5.74) is 6.94. The second-order valence-electron chi connectivity index (χ2n) is 4.42. The highest BCUT2D eigenvalue weighted by atomic mass is 79.9. The summed E-state index contributed by atoms with van der Waals surface area (Å²) in [4.78, 5) is 1.06. The van der Waals surface area contributed by atoms with Gasteiger partial charge in [-0.05, 0) is 47.0 Å². The van der Waals surface area contributed by atoms with E-state index in [9.17, 15) is 8.42 Å². The minimum Gasteiger partial charge on any atom is -0.328 e. The molecule has 0 fully saturated rings. The minimum atomic E-state index is -2.88. The number of thioether (sulfide) groups is 1. The molecule has 3 nitrogen and oxygen atoms in total. The Morgan fingerprint density at radius 3 is 2.61 bits per heavy atom. The van der Waals surface area contributed by atoms with Gasteiger partial charge in [-0.3, -0.25) is 0 Å². The molecule has 0 radical (unpaired) electrons. The Labute approximate surface area is 122 Å². The molecule has 1 atom stereocenters. The van der Waals surface area contributed by atoms with Gasteiger partial charge in [-0.2, -0.15) is 0 Å². The molecule has 0 saturated carbocycles. The number of hydrogen-bond donors (Lipinski definition) is 1.